The van der Waals surface area contributed by atoms with Gasteiger partial charge in [-0.2, -0.15) is 0 Å². The largest absolute Gasteiger partial charge is 0.469 e. The molecule has 0 aliphatic carbocycles. The molecule has 1 aliphatic heterocycles. The third-order valence-electron chi connectivity index (χ3n) is 8.48. The number of carbonyl (C=O) groups excluding carboxylic acids is 1. The first kappa shape index (κ1) is 30.9. The number of piperidine rings is 1. The van der Waals surface area contributed by atoms with Gasteiger partial charge in [-0.3, -0.25) is 9.69 Å². The van der Waals surface area contributed by atoms with E-state index in [2.05, 4.69) is 37.5 Å². The molecular weight excluding hydrogens is 540 g/mol. The number of nitrogens with zero attached hydrogens (tertiary/aromatic N) is 5. The van der Waals surface area contributed by atoms with Crippen molar-refractivity contribution in [1.82, 2.24) is 24.3 Å². The normalized spacial score (nSPS) is 14.2. The van der Waals surface area contributed by atoms with Crippen LogP contribution in [0.5, 0.6) is 0 Å². The summed E-state index contributed by atoms with van der Waals surface area (Å²) in [7, 11) is 3.15. The molecule has 1 saturated heterocycles. The van der Waals surface area contributed by atoms with Gasteiger partial charge < -0.3 is 24.7 Å². The van der Waals surface area contributed by atoms with E-state index in [1.165, 1.54) is 45.0 Å². The SMILES string of the molecule is COCCc1nc2c(N)nc3ccccc3c2n1CCCN(CCCN1CCCCC1)Cc1ccc(CC(=O)OC)cc1. The summed E-state index contributed by atoms with van der Waals surface area (Å²) in [6.07, 6.45) is 7.15. The molecular formula is C34H46N6O3. The lowest BCUT2D eigenvalue weighted by molar-refractivity contribution is -0.139. The van der Waals surface area contributed by atoms with Crippen molar-refractivity contribution in [3.63, 3.8) is 0 Å². The van der Waals surface area contributed by atoms with Crippen LogP contribution in [0.25, 0.3) is 21.9 Å². The van der Waals surface area contributed by atoms with E-state index in [1.807, 2.05) is 30.3 Å². The van der Waals surface area contributed by atoms with Gasteiger partial charge in [-0.15, -0.1) is 0 Å². The molecule has 2 aromatic heterocycles. The number of anilines is 1. The molecule has 2 N–H and O–H groups in total. The van der Waals surface area contributed by atoms with E-state index in [0.29, 0.717) is 18.8 Å². The summed E-state index contributed by atoms with van der Waals surface area (Å²) in [6, 6.07) is 16.5. The number of hydrogen-bond donors (Lipinski definition) is 1. The second-order valence-corrected chi connectivity index (χ2v) is 11.6. The van der Waals surface area contributed by atoms with E-state index < -0.39 is 0 Å². The summed E-state index contributed by atoms with van der Waals surface area (Å²) in [5.41, 5.74) is 11.4. The molecule has 3 heterocycles. The van der Waals surface area contributed by atoms with Gasteiger partial charge in [0, 0.05) is 38.6 Å². The van der Waals surface area contributed by atoms with E-state index in [0.717, 1.165) is 85.3 Å². The maximum atomic E-state index is 11.7. The molecule has 2 aromatic carbocycles. The number of imidazole rings is 1. The van der Waals surface area contributed by atoms with Crippen LogP contribution in [-0.4, -0.2) is 83.9 Å². The molecule has 0 radical (unpaired) electrons. The second-order valence-electron chi connectivity index (χ2n) is 11.6. The standard InChI is InChI=1S/C34H46N6O3/c1-42-23-16-30-37-32-33(28-10-4-5-11-29(28)36-34(32)35)40(30)22-9-21-39(20-8-19-38-17-6-3-7-18-38)25-27-14-12-26(13-15-27)24-31(41)43-2/h4-5,10-15H,3,6-9,16-25H2,1-2H3,(H2,35,36). The van der Waals surface area contributed by atoms with E-state index >= 15 is 0 Å². The molecule has 0 unspecified atom stereocenters. The Morgan fingerprint density at radius 2 is 1.65 bits per heavy atom. The molecule has 0 atom stereocenters. The lowest BCUT2D eigenvalue weighted by Crippen LogP contribution is -2.33. The number of ether oxygens (including phenoxy) is 2. The number of carbonyl (C=O) groups is 1. The summed E-state index contributed by atoms with van der Waals surface area (Å²) in [5, 5.41) is 1.08. The van der Waals surface area contributed by atoms with Crippen LogP contribution in [0.4, 0.5) is 5.82 Å². The number of likely N-dealkylation sites (tertiary alicyclic amines) is 1. The molecule has 1 fully saturated rings. The zero-order chi connectivity index (χ0) is 30.0. The van der Waals surface area contributed by atoms with Crippen LogP contribution < -0.4 is 5.73 Å². The quantitative estimate of drug-likeness (QED) is 0.198. The molecule has 1 aliphatic rings. The number of para-hydroxylation sites is 1. The second kappa shape index (κ2) is 15.3. The zero-order valence-electron chi connectivity index (χ0n) is 25.8. The number of pyridine rings is 1. The smallest absolute Gasteiger partial charge is 0.309 e. The number of nitrogen functional groups attached to an aromatic ring is 1. The number of aryl methyl sites for hydroxylation is 1. The van der Waals surface area contributed by atoms with Gasteiger partial charge in [-0.1, -0.05) is 48.9 Å². The average molecular weight is 587 g/mol. The van der Waals surface area contributed by atoms with Gasteiger partial charge >= 0.3 is 5.97 Å². The maximum Gasteiger partial charge on any atom is 0.309 e. The summed E-state index contributed by atoms with van der Waals surface area (Å²) >= 11 is 0. The number of methoxy groups -OCH3 is 2. The van der Waals surface area contributed by atoms with Gasteiger partial charge in [0.05, 0.1) is 31.2 Å². The Morgan fingerprint density at radius 1 is 0.930 bits per heavy atom. The Kier molecular flexibility index (Phi) is 11.0. The third kappa shape index (κ3) is 8.10. The lowest BCUT2D eigenvalue weighted by atomic mass is 10.1. The van der Waals surface area contributed by atoms with Gasteiger partial charge in [-0.25, -0.2) is 9.97 Å². The van der Waals surface area contributed by atoms with Crippen molar-refractivity contribution in [2.24, 2.45) is 0 Å². The number of fused-ring (bicyclic) bond motifs is 3. The van der Waals surface area contributed by atoms with E-state index in [9.17, 15) is 4.79 Å². The minimum absolute atomic E-state index is 0.214. The van der Waals surface area contributed by atoms with Crippen LogP contribution in [0.3, 0.4) is 0 Å². The first-order valence-corrected chi connectivity index (χ1v) is 15.7. The molecule has 5 rings (SSSR count). The third-order valence-corrected chi connectivity index (χ3v) is 8.48. The molecule has 9 nitrogen and oxygen atoms in total. The van der Waals surface area contributed by atoms with E-state index in [4.69, 9.17) is 20.2 Å². The fraction of sp³-hybridized carbons (Fsp3) is 0.500. The van der Waals surface area contributed by atoms with Gasteiger partial charge in [-0.05, 0) is 69.1 Å². The average Bonchev–Trinajstić information content (AvgIpc) is 3.40. The van der Waals surface area contributed by atoms with Crippen molar-refractivity contribution < 1.29 is 14.3 Å². The first-order chi connectivity index (χ1) is 21.1. The lowest BCUT2D eigenvalue weighted by Gasteiger charge is -2.28. The highest BCUT2D eigenvalue weighted by atomic mass is 16.5. The molecule has 43 heavy (non-hydrogen) atoms. The predicted molar refractivity (Wildman–Crippen MR) is 172 cm³/mol. The Labute approximate surface area is 255 Å². The van der Waals surface area contributed by atoms with E-state index in [1.54, 1.807) is 7.11 Å². The van der Waals surface area contributed by atoms with Crippen LogP contribution in [0.2, 0.25) is 0 Å². The predicted octanol–water partition coefficient (Wildman–Crippen LogP) is 4.84. The van der Waals surface area contributed by atoms with Crippen molar-refractivity contribution in [1.29, 1.82) is 0 Å². The molecule has 0 saturated carbocycles. The maximum absolute atomic E-state index is 11.7. The Bertz CT molecular complexity index is 1480. The highest BCUT2D eigenvalue weighted by Crippen LogP contribution is 2.29. The molecule has 230 valence electrons. The van der Waals surface area contributed by atoms with Crippen molar-refractivity contribution >= 4 is 33.7 Å². The topological polar surface area (TPSA) is 98.7 Å². The number of esters is 1. The van der Waals surface area contributed by atoms with Crippen LogP contribution in [-0.2, 0) is 40.2 Å². The highest BCUT2D eigenvalue weighted by molar-refractivity contribution is 6.06. The fourth-order valence-electron chi connectivity index (χ4n) is 6.21. The molecule has 0 spiro atoms. The number of nitrogens with two attached hydrogens (primary N) is 1. The summed E-state index contributed by atoms with van der Waals surface area (Å²) in [6.45, 7) is 7.93. The fourth-order valence-corrected chi connectivity index (χ4v) is 6.21. The molecule has 9 heteroatoms. The van der Waals surface area contributed by atoms with Crippen LogP contribution in [0.1, 0.15) is 49.1 Å². The zero-order valence-corrected chi connectivity index (χ0v) is 25.8. The van der Waals surface area contributed by atoms with Crippen molar-refractivity contribution in [2.75, 3.05) is 59.3 Å². The Hall–Kier alpha value is -3.53. The van der Waals surface area contributed by atoms with Gasteiger partial charge in [0.15, 0.2) is 5.82 Å². The highest BCUT2D eigenvalue weighted by Gasteiger charge is 2.18. The molecule has 0 amide bonds. The first-order valence-electron chi connectivity index (χ1n) is 15.7. The van der Waals surface area contributed by atoms with Gasteiger partial charge in [0.25, 0.3) is 0 Å². The minimum atomic E-state index is -0.214. The van der Waals surface area contributed by atoms with Gasteiger partial charge in [0.2, 0.25) is 0 Å². The summed E-state index contributed by atoms with van der Waals surface area (Å²) < 4.78 is 12.6. The number of hydrogen-bond acceptors (Lipinski definition) is 8. The molecule has 4 aromatic rings. The monoisotopic (exact) mass is 586 g/mol. The van der Waals surface area contributed by atoms with Crippen molar-refractivity contribution in [3.05, 3.63) is 65.5 Å². The van der Waals surface area contributed by atoms with E-state index in [-0.39, 0.29) is 5.97 Å². The minimum Gasteiger partial charge on any atom is -0.469 e. The summed E-state index contributed by atoms with van der Waals surface area (Å²) in [5.74, 6) is 1.25. The van der Waals surface area contributed by atoms with Gasteiger partial charge in [0.1, 0.15) is 11.3 Å². The van der Waals surface area contributed by atoms with Crippen LogP contribution in [0, 0.1) is 0 Å². The van der Waals surface area contributed by atoms with Crippen molar-refractivity contribution in [3.8, 4) is 0 Å². The number of rotatable bonds is 15. The Morgan fingerprint density at radius 3 is 2.40 bits per heavy atom. The van der Waals surface area contributed by atoms with Crippen molar-refractivity contribution in [2.45, 2.75) is 58.0 Å². The molecule has 0 bridgehead atoms. The van der Waals surface area contributed by atoms with Crippen LogP contribution in [0.15, 0.2) is 48.5 Å². The number of aromatic nitrogens is 3. The Balaban J connectivity index is 1.31. The van der Waals surface area contributed by atoms with Crippen LogP contribution >= 0.6 is 0 Å². The summed E-state index contributed by atoms with van der Waals surface area (Å²) in [4.78, 5) is 26.5. The number of benzene rings is 2.